The number of nitrogens with zero attached hydrogens (tertiary/aromatic N) is 2. The van der Waals surface area contributed by atoms with Crippen LogP contribution in [0.15, 0.2) is 29.7 Å². The van der Waals surface area contributed by atoms with E-state index in [1.165, 1.54) is 16.8 Å². The molecule has 1 fully saturated rings. The Labute approximate surface area is 110 Å². The van der Waals surface area contributed by atoms with Crippen molar-refractivity contribution in [2.75, 3.05) is 18.9 Å². The fourth-order valence-corrected chi connectivity index (χ4v) is 2.05. The van der Waals surface area contributed by atoms with Crippen LogP contribution in [0.4, 0.5) is 5.82 Å². The monoisotopic (exact) mass is 267 g/mol. The molecule has 0 saturated carbocycles. The Morgan fingerprint density at radius 1 is 1.74 bits per heavy atom. The summed E-state index contributed by atoms with van der Waals surface area (Å²) in [6.45, 7) is 3.76. The summed E-state index contributed by atoms with van der Waals surface area (Å²) in [5, 5.41) is 9.26. The van der Waals surface area contributed by atoms with Crippen LogP contribution in [0.1, 0.15) is 12.6 Å². The van der Waals surface area contributed by atoms with Crippen LogP contribution in [-0.2, 0) is 9.47 Å². The largest absolute Gasteiger partial charge is 0.394 e. The van der Waals surface area contributed by atoms with Crippen LogP contribution in [0.3, 0.4) is 0 Å². The summed E-state index contributed by atoms with van der Waals surface area (Å²) in [5.74, 6) is 0.164. The van der Waals surface area contributed by atoms with E-state index in [0.29, 0.717) is 13.0 Å². The fourth-order valence-electron chi connectivity index (χ4n) is 2.05. The molecule has 0 spiro atoms. The van der Waals surface area contributed by atoms with Gasteiger partial charge in [0.1, 0.15) is 18.1 Å². The maximum absolute atomic E-state index is 11.7. The number of anilines is 1. The number of hydrogen-bond acceptors (Lipinski definition) is 6. The van der Waals surface area contributed by atoms with Crippen molar-refractivity contribution in [2.24, 2.45) is 0 Å². The molecule has 104 valence electrons. The van der Waals surface area contributed by atoms with Crippen LogP contribution < -0.4 is 11.4 Å². The standard InChI is InChI=1S/C12H17N3O4/c1-2-5-18-8-6-11(19-9(8)7-16)15-4-3-10(13)14-12(15)17/h2-4,8-9,11,16H,1,5-7H2,(H2,13,14,17)/t8?,9-,11?/m1/s1. The molecule has 2 heterocycles. The second-order valence-electron chi connectivity index (χ2n) is 4.25. The molecule has 3 N–H and O–H groups in total. The van der Waals surface area contributed by atoms with E-state index >= 15 is 0 Å². The van der Waals surface area contributed by atoms with E-state index in [1.807, 2.05) is 0 Å². The summed E-state index contributed by atoms with van der Waals surface area (Å²) in [6.07, 6.45) is 2.36. The van der Waals surface area contributed by atoms with Gasteiger partial charge >= 0.3 is 5.69 Å². The van der Waals surface area contributed by atoms with Gasteiger partial charge in [0.2, 0.25) is 0 Å². The molecule has 19 heavy (non-hydrogen) atoms. The van der Waals surface area contributed by atoms with Crippen molar-refractivity contribution in [1.82, 2.24) is 9.55 Å². The average molecular weight is 267 g/mol. The molecule has 7 nitrogen and oxygen atoms in total. The van der Waals surface area contributed by atoms with Crippen molar-refractivity contribution < 1.29 is 14.6 Å². The van der Waals surface area contributed by atoms with Gasteiger partial charge in [0, 0.05) is 12.6 Å². The number of nitrogens with two attached hydrogens (primary N) is 1. The lowest BCUT2D eigenvalue weighted by Crippen LogP contribution is -2.28. The van der Waals surface area contributed by atoms with Crippen LogP contribution in [0.25, 0.3) is 0 Å². The minimum Gasteiger partial charge on any atom is -0.394 e. The Kier molecular flexibility index (Phi) is 4.31. The zero-order valence-electron chi connectivity index (χ0n) is 10.4. The third-order valence-electron chi connectivity index (χ3n) is 2.95. The number of aliphatic hydroxyl groups excluding tert-OH is 1. The van der Waals surface area contributed by atoms with Gasteiger partial charge in [-0.2, -0.15) is 4.98 Å². The van der Waals surface area contributed by atoms with Crippen molar-refractivity contribution in [1.29, 1.82) is 0 Å². The first-order valence-electron chi connectivity index (χ1n) is 5.99. The molecule has 0 aliphatic carbocycles. The number of nitrogen functional groups attached to an aromatic ring is 1. The molecule has 1 aliphatic rings. The molecular formula is C12H17N3O4. The van der Waals surface area contributed by atoms with E-state index in [0.717, 1.165) is 0 Å². The molecule has 1 saturated heterocycles. The summed E-state index contributed by atoms with van der Waals surface area (Å²) >= 11 is 0. The quantitative estimate of drug-likeness (QED) is 0.709. The van der Waals surface area contributed by atoms with Gasteiger partial charge in [0.25, 0.3) is 0 Å². The van der Waals surface area contributed by atoms with Crippen LogP contribution in [0.2, 0.25) is 0 Å². The van der Waals surface area contributed by atoms with Gasteiger partial charge in [-0.05, 0) is 6.07 Å². The van der Waals surface area contributed by atoms with Gasteiger partial charge in [-0.15, -0.1) is 6.58 Å². The fraction of sp³-hybridized carbons (Fsp3) is 0.500. The highest BCUT2D eigenvalue weighted by Crippen LogP contribution is 2.29. The summed E-state index contributed by atoms with van der Waals surface area (Å²) in [4.78, 5) is 15.4. The van der Waals surface area contributed by atoms with Crippen molar-refractivity contribution in [3.05, 3.63) is 35.4 Å². The zero-order chi connectivity index (χ0) is 13.8. The maximum atomic E-state index is 11.7. The highest BCUT2D eigenvalue weighted by Gasteiger charge is 2.36. The molecule has 2 rings (SSSR count). The Bertz CT molecular complexity index is 502. The van der Waals surface area contributed by atoms with Crippen molar-refractivity contribution in [3.63, 3.8) is 0 Å². The van der Waals surface area contributed by atoms with Gasteiger partial charge in [0.15, 0.2) is 0 Å². The van der Waals surface area contributed by atoms with Gasteiger partial charge in [0.05, 0.1) is 19.3 Å². The Morgan fingerprint density at radius 2 is 2.53 bits per heavy atom. The smallest absolute Gasteiger partial charge is 0.351 e. The minimum atomic E-state index is -0.507. The summed E-state index contributed by atoms with van der Waals surface area (Å²) in [5.41, 5.74) is 4.95. The first kappa shape index (κ1) is 13.7. The first-order chi connectivity index (χ1) is 9.15. The normalized spacial score (nSPS) is 26.5. The third-order valence-corrected chi connectivity index (χ3v) is 2.95. The van der Waals surface area contributed by atoms with Crippen LogP contribution in [-0.4, -0.2) is 40.1 Å². The number of ether oxygens (including phenoxy) is 2. The summed E-state index contributed by atoms with van der Waals surface area (Å²) < 4.78 is 12.5. The molecule has 1 aromatic heterocycles. The molecule has 0 aromatic carbocycles. The summed E-state index contributed by atoms with van der Waals surface area (Å²) in [6, 6.07) is 1.52. The Balaban J connectivity index is 2.14. The van der Waals surface area contributed by atoms with Gasteiger partial charge in [-0.25, -0.2) is 4.79 Å². The molecular weight excluding hydrogens is 250 g/mol. The lowest BCUT2D eigenvalue weighted by atomic mass is 10.2. The molecule has 1 aromatic rings. The van der Waals surface area contributed by atoms with Crippen molar-refractivity contribution >= 4 is 5.82 Å². The third kappa shape index (κ3) is 3.01. The maximum Gasteiger partial charge on any atom is 0.351 e. The predicted molar refractivity (Wildman–Crippen MR) is 68.5 cm³/mol. The van der Waals surface area contributed by atoms with Crippen LogP contribution >= 0.6 is 0 Å². The van der Waals surface area contributed by atoms with Crippen molar-refractivity contribution in [3.8, 4) is 0 Å². The first-order valence-corrected chi connectivity index (χ1v) is 5.99. The van der Waals surface area contributed by atoms with Crippen LogP contribution in [0, 0.1) is 0 Å². The summed E-state index contributed by atoms with van der Waals surface area (Å²) in [7, 11) is 0. The molecule has 0 amide bonds. The number of rotatable bonds is 5. The zero-order valence-corrected chi connectivity index (χ0v) is 10.4. The second-order valence-corrected chi connectivity index (χ2v) is 4.25. The van der Waals surface area contributed by atoms with E-state index in [2.05, 4.69) is 11.6 Å². The highest BCUT2D eigenvalue weighted by molar-refractivity contribution is 5.23. The highest BCUT2D eigenvalue weighted by atomic mass is 16.6. The molecule has 1 aliphatic heterocycles. The topological polar surface area (TPSA) is 99.6 Å². The van der Waals surface area contributed by atoms with Gasteiger partial charge < -0.3 is 20.3 Å². The average Bonchev–Trinajstić information content (AvgIpc) is 2.79. The van der Waals surface area contributed by atoms with E-state index in [1.54, 1.807) is 6.08 Å². The molecule has 0 bridgehead atoms. The van der Waals surface area contributed by atoms with Gasteiger partial charge in [-0.3, -0.25) is 4.57 Å². The van der Waals surface area contributed by atoms with E-state index in [9.17, 15) is 9.90 Å². The lowest BCUT2D eigenvalue weighted by Gasteiger charge is -2.15. The molecule has 2 unspecified atom stereocenters. The second kappa shape index (κ2) is 5.96. The molecule has 3 atom stereocenters. The van der Waals surface area contributed by atoms with E-state index in [4.69, 9.17) is 15.2 Å². The Hall–Kier alpha value is -1.70. The number of aromatic nitrogens is 2. The SMILES string of the molecule is C=CCOC1CC(n2ccc(N)nc2=O)O[C@@H]1CO. The predicted octanol–water partition coefficient (Wildman–Crippen LogP) is -0.323. The number of aliphatic hydroxyl groups is 1. The van der Waals surface area contributed by atoms with E-state index in [-0.39, 0.29) is 18.5 Å². The Morgan fingerprint density at radius 3 is 3.16 bits per heavy atom. The number of hydrogen-bond donors (Lipinski definition) is 2. The lowest BCUT2D eigenvalue weighted by molar-refractivity contribution is -0.0581. The van der Waals surface area contributed by atoms with E-state index < -0.39 is 18.0 Å². The van der Waals surface area contributed by atoms with Crippen LogP contribution in [0.5, 0.6) is 0 Å². The molecule has 0 radical (unpaired) electrons. The molecule has 7 heteroatoms. The van der Waals surface area contributed by atoms with Crippen molar-refractivity contribution in [2.45, 2.75) is 24.9 Å². The van der Waals surface area contributed by atoms with Gasteiger partial charge in [-0.1, -0.05) is 6.08 Å². The minimum absolute atomic E-state index is 0.164.